The number of nitrogen functional groups attached to an aromatic ring is 1. The summed E-state index contributed by atoms with van der Waals surface area (Å²) >= 11 is 0. The van der Waals surface area contributed by atoms with E-state index in [9.17, 15) is 0 Å². The van der Waals surface area contributed by atoms with Crippen molar-refractivity contribution in [1.29, 1.82) is 0 Å². The molecule has 0 aliphatic carbocycles. The number of fused-ring (bicyclic) bond motifs is 1. The molecule has 4 nitrogen and oxygen atoms in total. The minimum atomic E-state index is 0.761. The van der Waals surface area contributed by atoms with Crippen molar-refractivity contribution in [2.24, 2.45) is 0 Å². The monoisotopic (exact) mass is 280 g/mol. The standard InChI is InChI=1S/C17H20N4/c1-3-21-17-10-5-4-9-15(17)16(19-21)12-20(2)14-8-6-7-13(18)11-14/h4-11H,3,12,18H2,1-2H3. The van der Waals surface area contributed by atoms with E-state index in [2.05, 4.69) is 53.9 Å². The SMILES string of the molecule is CCn1nc(CN(C)c2cccc(N)c2)c2ccccc21. The van der Waals surface area contributed by atoms with Gasteiger partial charge in [0.1, 0.15) is 0 Å². The minimum Gasteiger partial charge on any atom is -0.399 e. The van der Waals surface area contributed by atoms with Crippen molar-refractivity contribution in [1.82, 2.24) is 9.78 Å². The molecular formula is C17H20N4. The molecule has 21 heavy (non-hydrogen) atoms. The van der Waals surface area contributed by atoms with Crippen LogP contribution in [0.2, 0.25) is 0 Å². The first-order chi connectivity index (χ1) is 10.2. The molecule has 0 aliphatic rings. The van der Waals surface area contributed by atoms with Crippen LogP contribution in [0.4, 0.5) is 11.4 Å². The van der Waals surface area contributed by atoms with Gasteiger partial charge in [-0.3, -0.25) is 4.68 Å². The summed E-state index contributed by atoms with van der Waals surface area (Å²) in [5.41, 5.74) is 10.0. The lowest BCUT2D eigenvalue weighted by Gasteiger charge is -2.18. The summed E-state index contributed by atoms with van der Waals surface area (Å²) in [6.45, 7) is 3.75. The van der Waals surface area contributed by atoms with Crippen molar-refractivity contribution in [2.45, 2.75) is 20.0 Å². The predicted molar refractivity (Wildman–Crippen MR) is 88.4 cm³/mol. The number of hydrogen-bond acceptors (Lipinski definition) is 3. The molecule has 0 saturated carbocycles. The second-order valence-corrected chi connectivity index (χ2v) is 5.23. The molecule has 0 fully saturated rings. The fourth-order valence-corrected chi connectivity index (χ4v) is 2.63. The molecule has 108 valence electrons. The molecule has 2 N–H and O–H groups in total. The second-order valence-electron chi connectivity index (χ2n) is 5.23. The highest BCUT2D eigenvalue weighted by Gasteiger charge is 2.11. The van der Waals surface area contributed by atoms with Crippen LogP contribution in [0, 0.1) is 0 Å². The second kappa shape index (κ2) is 5.48. The van der Waals surface area contributed by atoms with Crippen LogP contribution in [-0.4, -0.2) is 16.8 Å². The zero-order chi connectivity index (χ0) is 14.8. The highest BCUT2D eigenvalue weighted by Crippen LogP contribution is 2.23. The Morgan fingerprint density at radius 3 is 2.71 bits per heavy atom. The lowest BCUT2D eigenvalue weighted by Crippen LogP contribution is -2.17. The topological polar surface area (TPSA) is 47.1 Å². The smallest absolute Gasteiger partial charge is 0.0896 e. The van der Waals surface area contributed by atoms with Gasteiger partial charge in [-0.05, 0) is 31.2 Å². The van der Waals surface area contributed by atoms with Crippen LogP contribution in [0.3, 0.4) is 0 Å². The molecule has 2 aromatic carbocycles. The number of benzene rings is 2. The maximum atomic E-state index is 5.86. The largest absolute Gasteiger partial charge is 0.399 e. The van der Waals surface area contributed by atoms with Gasteiger partial charge < -0.3 is 10.6 Å². The lowest BCUT2D eigenvalue weighted by molar-refractivity contribution is 0.665. The number of aromatic nitrogens is 2. The third kappa shape index (κ3) is 2.57. The molecule has 3 rings (SSSR count). The number of nitrogens with zero attached hydrogens (tertiary/aromatic N) is 3. The van der Waals surface area contributed by atoms with Crippen molar-refractivity contribution in [3.63, 3.8) is 0 Å². The van der Waals surface area contributed by atoms with Crippen LogP contribution in [0.25, 0.3) is 10.9 Å². The summed E-state index contributed by atoms with van der Waals surface area (Å²) in [4.78, 5) is 2.17. The molecular weight excluding hydrogens is 260 g/mol. The maximum Gasteiger partial charge on any atom is 0.0896 e. The number of hydrogen-bond donors (Lipinski definition) is 1. The molecule has 0 spiro atoms. The van der Waals surface area contributed by atoms with E-state index in [1.165, 1.54) is 10.9 Å². The molecule has 3 aromatic rings. The van der Waals surface area contributed by atoms with Crippen LogP contribution >= 0.6 is 0 Å². The molecule has 0 atom stereocenters. The van der Waals surface area contributed by atoms with Gasteiger partial charge in [-0.2, -0.15) is 5.10 Å². The molecule has 1 heterocycles. The highest BCUT2D eigenvalue weighted by molar-refractivity contribution is 5.82. The average Bonchev–Trinajstić information content (AvgIpc) is 2.85. The van der Waals surface area contributed by atoms with Gasteiger partial charge in [-0.15, -0.1) is 0 Å². The molecule has 1 aromatic heterocycles. The predicted octanol–water partition coefficient (Wildman–Crippen LogP) is 3.27. The van der Waals surface area contributed by atoms with E-state index in [-0.39, 0.29) is 0 Å². The minimum absolute atomic E-state index is 0.761. The van der Waals surface area contributed by atoms with E-state index in [1.54, 1.807) is 0 Å². The zero-order valence-corrected chi connectivity index (χ0v) is 12.5. The summed E-state index contributed by atoms with van der Waals surface area (Å²) in [6.07, 6.45) is 0. The summed E-state index contributed by atoms with van der Waals surface area (Å²) in [6, 6.07) is 16.3. The van der Waals surface area contributed by atoms with Crippen LogP contribution in [0.15, 0.2) is 48.5 Å². The Kier molecular flexibility index (Phi) is 3.52. The van der Waals surface area contributed by atoms with Crippen LogP contribution < -0.4 is 10.6 Å². The van der Waals surface area contributed by atoms with E-state index in [0.717, 1.165) is 30.2 Å². The lowest BCUT2D eigenvalue weighted by atomic mass is 10.2. The van der Waals surface area contributed by atoms with Gasteiger partial charge in [0.2, 0.25) is 0 Å². The first-order valence-corrected chi connectivity index (χ1v) is 7.20. The summed E-state index contributed by atoms with van der Waals surface area (Å²) < 4.78 is 2.05. The van der Waals surface area contributed by atoms with E-state index in [4.69, 9.17) is 10.8 Å². The van der Waals surface area contributed by atoms with Crippen LogP contribution in [-0.2, 0) is 13.1 Å². The first kappa shape index (κ1) is 13.5. The molecule has 0 saturated heterocycles. The average molecular weight is 280 g/mol. The summed E-state index contributed by atoms with van der Waals surface area (Å²) in [5, 5.41) is 5.96. The summed E-state index contributed by atoms with van der Waals surface area (Å²) in [7, 11) is 2.06. The van der Waals surface area contributed by atoms with Gasteiger partial charge in [-0.1, -0.05) is 24.3 Å². The van der Waals surface area contributed by atoms with Gasteiger partial charge in [0.25, 0.3) is 0 Å². The number of aryl methyl sites for hydroxylation is 1. The first-order valence-electron chi connectivity index (χ1n) is 7.20. The van der Waals surface area contributed by atoms with Crippen molar-refractivity contribution < 1.29 is 0 Å². The molecule has 0 radical (unpaired) electrons. The Hall–Kier alpha value is -2.49. The van der Waals surface area contributed by atoms with Crippen molar-refractivity contribution >= 4 is 22.3 Å². The molecule has 0 bridgehead atoms. The van der Waals surface area contributed by atoms with Gasteiger partial charge in [0.05, 0.1) is 17.8 Å². The van der Waals surface area contributed by atoms with E-state index >= 15 is 0 Å². The third-order valence-corrected chi connectivity index (χ3v) is 3.73. The van der Waals surface area contributed by atoms with Crippen LogP contribution in [0.5, 0.6) is 0 Å². The van der Waals surface area contributed by atoms with Gasteiger partial charge in [0, 0.05) is 30.4 Å². The Labute approximate surface area is 124 Å². The Morgan fingerprint density at radius 2 is 1.95 bits per heavy atom. The molecule has 0 amide bonds. The van der Waals surface area contributed by atoms with E-state index < -0.39 is 0 Å². The summed E-state index contributed by atoms with van der Waals surface area (Å²) in [5.74, 6) is 0. The third-order valence-electron chi connectivity index (χ3n) is 3.73. The zero-order valence-electron chi connectivity index (χ0n) is 12.5. The fraction of sp³-hybridized carbons (Fsp3) is 0.235. The Morgan fingerprint density at radius 1 is 1.14 bits per heavy atom. The van der Waals surface area contributed by atoms with Crippen molar-refractivity contribution in [3.05, 3.63) is 54.2 Å². The molecule has 0 unspecified atom stereocenters. The van der Waals surface area contributed by atoms with Crippen molar-refractivity contribution in [2.75, 3.05) is 17.7 Å². The van der Waals surface area contributed by atoms with Crippen LogP contribution in [0.1, 0.15) is 12.6 Å². The van der Waals surface area contributed by atoms with Gasteiger partial charge in [-0.25, -0.2) is 0 Å². The normalized spacial score (nSPS) is 11.0. The highest BCUT2D eigenvalue weighted by atomic mass is 15.3. The van der Waals surface area contributed by atoms with Crippen molar-refractivity contribution in [3.8, 4) is 0 Å². The number of nitrogens with two attached hydrogens (primary N) is 1. The van der Waals surface area contributed by atoms with E-state index in [0.29, 0.717) is 0 Å². The van der Waals surface area contributed by atoms with E-state index in [1.807, 2.05) is 18.2 Å². The van der Waals surface area contributed by atoms with Gasteiger partial charge >= 0.3 is 0 Å². The Balaban J connectivity index is 1.94. The molecule has 0 aliphatic heterocycles. The fourth-order valence-electron chi connectivity index (χ4n) is 2.63. The molecule has 4 heteroatoms. The number of rotatable bonds is 4. The number of anilines is 2. The number of para-hydroxylation sites is 1. The quantitative estimate of drug-likeness (QED) is 0.746. The van der Waals surface area contributed by atoms with Gasteiger partial charge in [0.15, 0.2) is 0 Å². The Bertz CT molecular complexity index is 760. The maximum absolute atomic E-state index is 5.86.